The zero-order chi connectivity index (χ0) is 20.3. The Labute approximate surface area is 175 Å². The maximum absolute atomic E-state index is 5.86. The number of rotatable bonds is 5. The van der Waals surface area contributed by atoms with E-state index in [-0.39, 0.29) is 0 Å². The molecule has 1 aliphatic rings. The van der Waals surface area contributed by atoms with Gasteiger partial charge in [-0.25, -0.2) is 4.98 Å². The molecule has 0 bridgehead atoms. The SMILES string of the molecule is Nc1ccc2nc(-c3ccc(CNc4ccc(N5CCOCC5)cc4)cc3)[nH]c2c1. The number of nitrogens with zero attached hydrogens (tertiary/aromatic N) is 2. The number of hydrogen-bond acceptors (Lipinski definition) is 5. The number of hydrogen-bond donors (Lipinski definition) is 3. The lowest BCUT2D eigenvalue weighted by atomic mass is 10.1. The normalized spacial score (nSPS) is 14.2. The van der Waals surface area contributed by atoms with Crippen LogP contribution in [0.25, 0.3) is 22.4 Å². The van der Waals surface area contributed by atoms with Crippen LogP contribution in [0, 0.1) is 0 Å². The van der Waals surface area contributed by atoms with E-state index >= 15 is 0 Å². The number of aromatic amines is 1. The molecule has 30 heavy (non-hydrogen) atoms. The van der Waals surface area contributed by atoms with Gasteiger partial charge in [0.1, 0.15) is 5.82 Å². The molecule has 0 unspecified atom stereocenters. The van der Waals surface area contributed by atoms with E-state index in [4.69, 9.17) is 10.5 Å². The molecule has 0 saturated carbocycles. The van der Waals surface area contributed by atoms with Gasteiger partial charge in [-0.3, -0.25) is 0 Å². The van der Waals surface area contributed by atoms with Crippen molar-refractivity contribution in [1.29, 1.82) is 0 Å². The number of nitrogen functional groups attached to an aromatic ring is 1. The summed E-state index contributed by atoms with van der Waals surface area (Å²) in [6.07, 6.45) is 0. The topological polar surface area (TPSA) is 79.2 Å². The van der Waals surface area contributed by atoms with Gasteiger partial charge in [0, 0.05) is 42.3 Å². The van der Waals surface area contributed by atoms with Crippen LogP contribution < -0.4 is 16.0 Å². The Kier molecular flexibility index (Phi) is 4.99. The van der Waals surface area contributed by atoms with Gasteiger partial charge < -0.3 is 25.7 Å². The fraction of sp³-hybridized carbons (Fsp3) is 0.208. The lowest BCUT2D eigenvalue weighted by Gasteiger charge is -2.28. The van der Waals surface area contributed by atoms with Crippen LogP contribution in [0.2, 0.25) is 0 Å². The molecule has 0 radical (unpaired) electrons. The summed E-state index contributed by atoms with van der Waals surface area (Å²) in [5, 5.41) is 3.50. The zero-order valence-corrected chi connectivity index (χ0v) is 16.8. The highest BCUT2D eigenvalue weighted by molar-refractivity contribution is 5.82. The first-order chi connectivity index (χ1) is 14.7. The summed E-state index contributed by atoms with van der Waals surface area (Å²) in [4.78, 5) is 10.4. The number of H-pyrrole nitrogens is 1. The first-order valence-electron chi connectivity index (χ1n) is 10.3. The smallest absolute Gasteiger partial charge is 0.138 e. The molecule has 0 amide bonds. The highest BCUT2D eigenvalue weighted by Gasteiger charge is 2.10. The van der Waals surface area contributed by atoms with Crippen molar-refractivity contribution in [3.8, 4) is 11.4 Å². The third-order valence-electron chi connectivity index (χ3n) is 5.47. The van der Waals surface area contributed by atoms with Crippen LogP contribution in [0.15, 0.2) is 66.7 Å². The summed E-state index contributed by atoms with van der Waals surface area (Å²) >= 11 is 0. The van der Waals surface area contributed by atoms with Crippen molar-refractivity contribution in [3.05, 3.63) is 72.3 Å². The molecule has 6 nitrogen and oxygen atoms in total. The maximum atomic E-state index is 5.86. The standard InChI is InChI=1S/C24H25N5O/c25-19-5-10-22-23(15-19)28-24(27-22)18-3-1-17(2-4-18)16-26-20-6-8-21(9-7-20)29-11-13-30-14-12-29/h1-10,15,26H,11-14,16,25H2,(H,27,28). The van der Waals surface area contributed by atoms with Crippen molar-refractivity contribution in [2.24, 2.45) is 0 Å². The minimum Gasteiger partial charge on any atom is -0.399 e. The van der Waals surface area contributed by atoms with Crippen LogP contribution in [-0.4, -0.2) is 36.3 Å². The lowest BCUT2D eigenvalue weighted by Crippen LogP contribution is -2.36. The number of ether oxygens (including phenoxy) is 1. The van der Waals surface area contributed by atoms with Gasteiger partial charge in [-0.2, -0.15) is 0 Å². The Morgan fingerprint density at radius 2 is 1.73 bits per heavy atom. The predicted octanol–water partition coefficient (Wildman–Crippen LogP) is 4.26. The molecular formula is C24H25N5O. The van der Waals surface area contributed by atoms with Gasteiger partial charge in [-0.1, -0.05) is 24.3 Å². The largest absolute Gasteiger partial charge is 0.399 e. The first-order valence-corrected chi connectivity index (χ1v) is 10.3. The van der Waals surface area contributed by atoms with Crippen LogP contribution in [0.5, 0.6) is 0 Å². The minimum absolute atomic E-state index is 0.733. The van der Waals surface area contributed by atoms with Gasteiger partial charge in [-0.05, 0) is 48.0 Å². The number of nitrogens with one attached hydrogen (secondary N) is 2. The molecule has 2 heterocycles. The second-order valence-electron chi connectivity index (χ2n) is 7.56. The summed E-state index contributed by atoms with van der Waals surface area (Å²) in [5.41, 5.74) is 13.1. The molecule has 1 aliphatic heterocycles. The van der Waals surface area contributed by atoms with E-state index in [2.05, 4.69) is 68.7 Å². The van der Waals surface area contributed by atoms with Crippen molar-refractivity contribution >= 4 is 28.1 Å². The quantitative estimate of drug-likeness (QED) is 0.437. The molecule has 1 fully saturated rings. The van der Waals surface area contributed by atoms with E-state index < -0.39 is 0 Å². The molecule has 1 saturated heterocycles. The molecule has 0 spiro atoms. The number of fused-ring (bicyclic) bond motifs is 1. The Bertz CT molecular complexity index is 1130. The van der Waals surface area contributed by atoms with Crippen LogP contribution in [-0.2, 0) is 11.3 Å². The van der Waals surface area contributed by atoms with Gasteiger partial charge in [0.15, 0.2) is 0 Å². The van der Waals surface area contributed by atoms with E-state index in [9.17, 15) is 0 Å². The van der Waals surface area contributed by atoms with Gasteiger partial charge in [0.25, 0.3) is 0 Å². The second kappa shape index (κ2) is 8.08. The number of morpholine rings is 1. The summed E-state index contributed by atoms with van der Waals surface area (Å²) in [6, 6.07) is 22.8. The molecule has 0 aliphatic carbocycles. The summed E-state index contributed by atoms with van der Waals surface area (Å²) in [6.45, 7) is 4.29. The van der Waals surface area contributed by atoms with E-state index in [0.717, 1.165) is 66.6 Å². The number of aromatic nitrogens is 2. The maximum Gasteiger partial charge on any atom is 0.138 e. The third-order valence-corrected chi connectivity index (χ3v) is 5.47. The monoisotopic (exact) mass is 399 g/mol. The highest BCUT2D eigenvalue weighted by Crippen LogP contribution is 2.23. The second-order valence-corrected chi connectivity index (χ2v) is 7.56. The van der Waals surface area contributed by atoms with Gasteiger partial charge in [-0.15, -0.1) is 0 Å². The molecular weight excluding hydrogens is 374 g/mol. The molecule has 6 heteroatoms. The molecule has 152 valence electrons. The van der Waals surface area contributed by atoms with Crippen molar-refractivity contribution < 1.29 is 4.74 Å². The van der Waals surface area contributed by atoms with Crippen LogP contribution in [0.4, 0.5) is 17.1 Å². The van der Waals surface area contributed by atoms with Crippen LogP contribution >= 0.6 is 0 Å². The fourth-order valence-electron chi connectivity index (χ4n) is 3.76. The Morgan fingerprint density at radius 1 is 0.967 bits per heavy atom. The molecule has 0 atom stereocenters. The first kappa shape index (κ1) is 18.5. The number of nitrogens with two attached hydrogens (primary N) is 1. The molecule has 4 N–H and O–H groups in total. The predicted molar refractivity (Wildman–Crippen MR) is 123 cm³/mol. The average molecular weight is 399 g/mol. The van der Waals surface area contributed by atoms with Crippen molar-refractivity contribution in [1.82, 2.24) is 9.97 Å². The zero-order valence-electron chi connectivity index (χ0n) is 16.8. The van der Waals surface area contributed by atoms with Crippen molar-refractivity contribution in [2.75, 3.05) is 42.3 Å². The Hall–Kier alpha value is -3.51. The summed E-state index contributed by atoms with van der Waals surface area (Å²) in [7, 11) is 0. The third kappa shape index (κ3) is 3.95. The molecule has 4 aromatic rings. The van der Waals surface area contributed by atoms with E-state index in [0.29, 0.717) is 0 Å². The van der Waals surface area contributed by atoms with Gasteiger partial charge in [0.05, 0.1) is 24.2 Å². The highest BCUT2D eigenvalue weighted by atomic mass is 16.5. The van der Waals surface area contributed by atoms with Gasteiger partial charge >= 0.3 is 0 Å². The number of imidazole rings is 1. The van der Waals surface area contributed by atoms with Gasteiger partial charge in [0.2, 0.25) is 0 Å². The Balaban J connectivity index is 1.22. The summed E-state index contributed by atoms with van der Waals surface area (Å²) < 4.78 is 5.42. The number of anilines is 3. The molecule has 1 aromatic heterocycles. The lowest BCUT2D eigenvalue weighted by molar-refractivity contribution is 0.122. The minimum atomic E-state index is 0.733. The van der Waals surface area contributed by atoms with Crippen LogP contribution in [0.3, 0.4) is 0 Å². The Morgan fingerprint density at radius 3 is 2.50 bits per heavy atom. The van der Waals surface area contributed by atoms with E-state index in [1.165, 1.54) is 11.3 Å². The molecule has 5 rings (SSSR count). The molecule has 3 aromatic carbocycles. The van der Waals surface area contributed by atoms with Crippen molar-refractivity contribution in [2.45, 2.75) is 6.54 Å². The summed E-state index contributed by atoms with van der Waals surface area (Å²) in [5.74, 6) is 0.855. The van der Waals surface area contributed by atoms with E-state index in [1.54, 1.807) is 0 Å². The van der Waals surface area contributed by atoms with E-state index in [1.807, 2.05) is 18.2 Å². The van der Waals surface area contributed by atoms with Crippen LogP contribution in [0.1, 0.15) is 5.56 Å². The average Bonchev–Trinajstić information content (AvgIpc) is 3.22. The number of benzene rings is 3. The fourth-order valence-corrected chi connectivity index (χ4v) is 3.76. The van der Waals surface area contributed by atoms with Crippen molar-refractivity contribution in [3.63, 3.8) is 0 Å².